The van der Waals surface area contributed by atoms with Crippen molar-refractivity contribution in [2.45, 2.75) is 27.6 Å². The molecule has 0 saturated heterocycles. The fraction of sp³-hybridized carbons (Fsp3) is 0.227. The molecule has 0 radical (unpaired) electrons. The lowest BCUT2D eigenvalue weighted by atomic mass is 10.1. The number of hydrogen-bond acceptors (Lipinski definition) is 2. The number of imidazole rings is 1. The van der Waals surface area contributed by atoms with Crippen LogP contribution in [0, 0.1) is 27.6 Å². The zero-order valence-corrected chi connectivity index (χ0v) is 15.4. The highest BCUT2D eigenvalue weighted by Crippen LogP contribution is 2.29. The van der Waals surface area contributed by atoms with Crippen molar-refractivity contribution >= 4 is 11.0 Å². The van der Waals surface area contributed by atoms with Crippen LogP contribution >= 0.6 is 0 Å². The van der Waals surface area contributed by atoms with E-state index in [9.17, 15) is 0 Å². The van der Waals surface area contributed by atoms with Gasteiger partial charge in [-0.3, -0.25) is 4.98 Å². The van der Waals surface area contributed by atoms with Crippen molar-refractivity contribution in [3.8, 4) is 17.2 Å². The Kier molecular flexibility index (Phi) is 3.08. The first-order valence-corrected chi connectivity index (χ1v) is 8.61. The smallest absolute Gasteiger partial charge is 0.250 e. The highest BCUT2D eigenvalue weighted by atomic mass is 15.2. The number of aryl methyl sites for hydroxylation is 5. The molecule has 0 unspecified atom stereocenters. The minimum Gasteiger partial charge on any atom is -0.250 e. The summed E-state index contributed by atoms with van der Waals surface area (Å²) in [5.41, 5.74) is 5.33. The molecule has 0 aliphatic heterocycles. The van der Waals surface area contributed by atoms with Gasteiger partial charge in [0.15, 0.2) is 11.0 Å². The minimum absolute atomic E-state index is 0.0109. The van der Waals surface area contributed by atoms with E-state index in [4.69, 9.17) is 9.10 Å². The number of fused-ring (bicyclic) bond motifs is 1. The van der Waals surface area contributed by atoms with E-state index in [2.05, 4.69) is 9.55 Å². The predicted octanol–water partition coefficient (Wildman–Crippen LogP) is 4.15. The minimum atomic E-state index is -2.38. The van der Waals surface area contributed by atoms with Gasteiger partial charge in [-0.1, -0.05) is 30.3 Å². The summed E-state index contributed by atoms with van der Waals surface area (Å²) in [6.45, 7) is 3.31. The first kappa shape index (κ1) is 13.2. The van der Waals surface area contributed by atoms with Gasteiger partial charge in [0.2, 0.25) is 5.82 Å². The molecule has 0 aliphatic rings. The average molecular weight is 346 g/mol. The van der Waals surface area contributed by atoms with Crippen LogP contribution in [0.5, 0.6) is 0 Å². The SMILES string of the molecule is [2H]C([2H])([2H])c1nc(C)c(C)nc1-n1c(-c2ccccc2C)[n+](C)c2ccccc21. The molecule has 26 heavy (non-hydrogen) atoms. The molecular weight excluding hydrogens is 320 g/mol. The Labute approximate surface area is 158 Å². The lowest BCUT2D eigenvalue weighted by Gasteiger charge is -2.09. The van der Waals surface area contributed by atoms with Crippen molar-refractivity contribution in [1.82, 2.24) is 14.5 Å². The molecular formula is C22H23N4+. The molecule has 0 spiro atoms. The van der Waals surface area contributed by atoms with E-state index in [1.165, 1.54) is 0 Å². The largest absolute Gasteiger partial charge is 0.296 e. The maximum absolute atomic E-state index is 8.07. The van der Waals surface area contributed by atoms with E-state index in [0.717, 1.165) is 28.0 Å². The maximum Gasteiger partial charge on any atom is 0.296 e. The highest BCUT2D eigenvalue weighted by molar-refractivity contribution is 5.79. The van der Waals surface area contributed by atoms with Gasteiger partial charge in [-0.25, -0.2) is 9.55 Å². The zero-order valence-electron chi connectivity index (χ0n) is 18.4. The standard InChI is InChI=1S/C22H23N4/c1-14-10-6-7-11-18(14)22-25(5)19-12-8-9-13-20(19)26(22)21-17(4)23-15(2)16(3)24-21/h6-13H,1-5H3/q+1/i4D3. The molecule has 4 rings (SSSR count). The third-order valence-electron chi connectivity index (χ3n) is 4.90. The third kappa shape index (κ3) is 2.41. The van der Waals surface area contributed by atoms with Crippen LogP contribution in [0.15, 0.2) is 48.5 Å². The van der Waals surface area contributed by atoms with Crippen molar-refractivity contribution in [3.05, 3.63) is 71.2 Å². The number of benzene rings is 2. The highest BCUT2D eigenvalue weighted by Gasteiger charge is 2.29. The van der Waals surface area contributed by atoms with Crippen LogP contribution in [-0.4, -0.2) is 14.5 Å². The summed E-state index contributed by atoms with van der Waals surface area (Å²) in [4.78, 5) is 9.15. The fourth-order valence-corrected chi connectivity index (χ4v) is 3.40. The molecule has 130 valence electrons. The van der Waals surface area contributed by atoms with Crippen LogP contribution in [0.1, 0.15) is 26.8 Å². The average Bonchev–Trinajstić information content (AvgIpc) is 2.96. The number of hydrogen-bond donors (Lipinski definition) is 0. The molecule has 0 N–H and O–H groups in total. The van der Waals surface area contributed by atoms with E-state index in [1.54, 1.807) is 6.92 Å². The third-order valence-corrected chi connectivity index (χ3v) is 4.90. The number of para-hydroxylation sites is 2. The molecule has 2 aromatic heterocycles. The van der Waals surface area contributed by atoms with E-state index >= 15 is 0 Å². The summed E-state index contributed by atoms with van der Waals surface area (Å²) in [6.07, 6.45) is 0. The maximum atomic E-state index is 8.07. The topological polar surface area (TPSA) is 34.6 Å². The molecule has 2 heterocycles. The molecule has 0 aliphatic carbocycles. The van der Waals surface area contributed by atoms with Gasteiger partial charge in [0.05, 0.1) is 24.0 Å². The normalized spacial score (nSPS) is 13.5. The molecule has 4 aromatic rings. The van der Waals surface area contributed by atoms with Gasteiger partial charge in [-0.05, 0) is 51.4 Å². The van der Waals surface area contributed by atoms with Gasteiger partial charge in [0.1, 0.15) is 5.69 Å². The molecule has 0 fully saturated rings. The lowest BCUT2D eigenvalue weighted by molar-refractivity contribution is -0.633. The summed E-state index contributed by atoms with van der Waals surface area (Å²) < 4.78 is 28.2. The second-order valence-electron chi connectivity index (χ2n) is 6.59. The quantitative estimate of drug-likeness (QED) is 0.511. The Morgan fingerprint density at radius 1 is 0.885 bits per heavy atom. The van der Waals surface area contributed by atoms with Crippen LogP contribution in [0.25, 0.3) is 28.2 Å². The van der Waals surface area contributed by atoms with Crippen LogP contribution in [0.3, 0.4) is 0 Å². The van der Waals surface area contributed by atoms with Gasteiger partial charge in [-0.2, -0.15) is 4.57 Å². The number of nitrogens with zero attached hydrogens (tertiary/aromatic N) is 4. The monoisotopic (exact) mass is 346 g/mol. The van der Waals surface area contributed by atoms with Crippen molar-refractivity contribution in [2.75, 3.05) is 0 Å². The second kappa shape index (κ2) is 6.06. The van der Waals surface area contributed by atoms with Crippen LogP contribution in [0.4, 0.5) is 0 Å². The predicted molar refractivity (Wildman–Crippen MR) is 104 cm³/mol. The zero-order chi connectivity index (χ0) is 20.9. The van der Waals surface area contributed by atoms with Crippen LogP contribution in [-0.2, 0) is 7.05 Å². The first-order chi connectivity index (χ1) is 13.7. The lowest BCUT2D eigenvalue weighted by Crippen LogP contribution is -2.30. The molecule has 4 heteroatoms. The summed E-state index contributed by atoms with van der Waals surface area (Å²) in [7, 11) is 1.99. The fourth-order valence-electron chi connectivity index (χ4n) is 3.40. The Morgan fingerprint density at radius 2 is 1.58 bits per heavy atom. The summed E-state index contributed by atoms with van der Waals surface area (Å²) in [6, 6.07) is 16.0. The second-order valence-corrected chi connectivity index (χ2v) is 6.59. The molecule has 0 amide bonds. The molecule has 4 nitrogen and oxygen atoms in total. The Morgan fingerprint density at radius 3 is 2.35 bits per heavy atom. The van der Waals surface area contributed by atoms with Crippen molar-refractivity contribution in [1.29, 1.82) is 0 Å². The Balaban J connectivity index is 2.20. The van der Waals surface area contributed by atoms with Crippen molar-refractivity contribution < 1.29 is 8.68 Å². The van der Waals surface area contributed by atoms with E-state index in [0.29, 0.717) is 17.2 Å². The Hall–Kier alpha value is -3.01. The molecule has 0 bridgehead atoms. The summed E-state index contributed by atoms with van der Waals surface area (Å²) in [5.74, 6) is 1.22. The van der Waals surface area contributed by atoms with Crippen LogP contribution in [0.2, 0.25) is 0 Å². The van der Waals surface area contributed by atoms with E-state index < -0.39 is 6.85 Å². The van der Waals surface area contributed by atoms with Crippen molar-refractivity contribution in [2.24, 2.45) is 7.05 Å². The van der Waals surface area contributed by atoms with Gasteiger partial charge in [0, 0.05) is 4.11 Å². The Bertz CT molecular complexity index is 1240. The number of rotatable bonds is 2. The van der Waals surface area contributed by atoms with Crippen LogP contribution < -0.4 is 4.57 Å². The summed E-state index contributed by atoms with van der Waals surface area (Å²) in [5, 5.41) is 0. The van der Waals surface area contributed by atoms with Crippen molar-refractivity contribution in [3.63, 3.8) is 0 Å². The van der Waals surface area contributed by atoms with Gasteiger partial charge >= 0.3 is 0 Å². The number of aromatic nitrogens is 4. The van der Waals surface area contributed by atoms with E-state index in [-0.39, 0.29) is 5.69 Å². The van der Waals surface area contributed by atoms with Gasteiger partial charge in [-0.15, -0.1) is 0 Å². The summed E-state index contributed by atoms with van der Waals surface area (Å²) >= 11 is 0. The molecule has 0 atom stereocenters. The molecule has 0 saturated carbocycles. The van der Waals surface area contributed by atoms with Gasteiger partial charge < -0.3 is 0 Å². The van der Waals surface area contributed by atoms with E-state index in [1.807, 2.05) is 74.0 Å². The molecule has 2 aromatic carbocycles. The first-order valence-electron chi connectivity index (χ1n) is 10.1. The van der Waals surface area contributed by atoms with Gasteiger partial charge in [0.25, 0.3) is 5.82 Å².